The van der Waals surface area contributed by atoms with Crippen molar-refractivity contribution in [1.82, 2.24) is 15.5 Å². The highest BCUT2D eigenvalue weighted by atomic mass is 19.4. The van der Waals surface area contributed by atoms with Gasteiger partial charge in [-0.3, -0.25) is 9.53 Å². The van der Waals surface area contributed by atoms with Gasteiger partial charge in [-0.25, -0.2) is 13.2 Å². The van der Waals surface area contributed by atoms with Crippen LogP contribution in [0, 0.1) is 5.82 Å². The molecule has 1 aromatic heterocycles. The standard InChI is InChI=1S/C20H19F6N3O5/c21-11-1-3-12(4-2-11)31-9-16(30)27-15-8-32-14(7-19(15,22)23)18-29-28-17(33-18)10-5-13(6-10)34-20(24,25)26/h1-4,10,13-15H,5-9H2,(H,27,30)/t10?,13?,14-,15-/m0/s1. The molecule has 1 saturated heterocycles. The Balaban J connectivity index is 1.26. The first kappa shape index (κ1) is 24.3. The zero-order valence-corrected chi connectivity index (χ0v) is 17.4. The maximum absolute atomic E-state index is 14.6. The van der Waals surface area contributed by atoms with Gasteiger partial charge in [-0.1, -0.05) is 0 Å². The zero-order valence-electron chi connectivity index (χ0n) is 17.4. The van der Waals surface area contributed by atoms with Crippen molar-refractivity contribution in [2.75, 3.05) is 13.2 Å². The minimum Gasteiger partial charge on any atom is -0.484 e. The average molecular weight is 495 g/mol. The first-order chi connectivity index (χ1) is 16.0. The number of nitrogens with zero attached hydrogens (tertiary/aromatic N) is 2. The van der Waals surface area contributed by atoms with Gasteiger partial charge in [0.1, 0.15) is 23.7 Å². The molecule has 1 aromatic carbocycles. The number of ether oxygens (including phenoxy) is 3. The third-order valence-corrected chi connectivity index (χ3v) is 5.43. The summed E-state index contributed by atoms with van der Waals surface area (Å²) in [6.07, 6.45) is -7.85. The van der Waals surface area contributed by atoms with Crippen LogP contribution in [0.4, 0.5) is 26.3 Å². The van der Waals surface area contributed by atoms with E-state index in [1.807, 2.05) is 0 Å². The third kappa shape index (κ3) is 5.97. The highest BCUT2D eigenvalue weighted by Gasteiger charge is 2.49. The second-order valence-corrected chi connectivity index (χ2v) is 7.98. The van der Waals surface area contributed by atoms with Crippen LogP contribution in [0.15, 0.2) is 28.7 Å². The van der Waals surface area contributed by atoms with E-state index in [-0.39, 0.29) is 30.4 Å². The fourth-order valence-corrected chi connectivity index (χ4v) is 3.60. The number of benzene rings is 1. The van der Waals surface area contributed by atoms with E-state index in [9.17, 15) is 31.1 Å². The summed E-state index contributed by atoms with van der Waals surface area (Å²) in [7, 11) is 0. The second kappa shape index (κ2) is 9.41. The van der Waals surface area contributed by atoms with Crippen LogP contribution in [0.25, 0.3) is 0 Å². The summed E-state index contributed by atoms with van der Waals surface area (Å²) in [6.45, 7) is -1.11. The number of carbonyl (C=O) groups is 1. The zero-order chi connectivity index (χ0) is 24.5. The molecule has 2 aromatic rings. The van der Waals surface area contributed by atoms with Gasteiger partial charge >= 0.3 is 6.36 Å². The van der Waals surface area contributed by atoms with E-state index in [2.05, 4.69) is 20.3 Å². The number of alkyl halides is 5. The molecular formula is C20H19F6N3O5. The molecule has 0 radical (unpaired) electrons. The minimum atomic E-state index is -4.74. The molecule has 1 amide bonds. The summed E-state index contributed by atoms with van der Waals surface area (Å²) in [5.74, 6) is -5.17. The normalized spacial score (nSPS) is 26.5. The summed E-state index contributed by atoms with van der Waals surface area (Å²) >= 11 is 0. The molecule has 1 N–H and O–H groups in total. The molecule has 4 rings (SSSR count). The van der Waals surface area contributed by atoms with E-state index in [4.69, 9.17) is 13.9 Å². The van der Waals surface area contributed by atoms with Crippen LogP contribution < -0.4 is 10.1 Å². The molecule has 2 aliphatic rings. The molecule has 0 spiro atoms. The number of carbonyl (C=O) groups excluding carboxylic acids is 1. The molecule has 1 saturated carbocycles. The summed E-state index contributed by atoms with van der Waals surface area (Å²) in [5, 5.41) is 9.56. The molecule has 8 nitrogen and oxygen atoms in total. The Kier molecular flexibility index (Phi) is 6.71. The maximum Gasteiger partial charge on any atom is 0.522 e. The highest BCUT2D eigenvalue weighted by Crippen LogP contribution is 2.42. The average Bonchev–Trinajstić information content (AvgIpc) is 3.20. The fraction of sp³-hybridized carbons (Fsp3) is 0.550. The van der Waals surface area contributed by atoms with E-state index < -0.39 is 67.8 Å². The topological polar surface area (TPSA) is 95.7 Å². The summed E-state index contributed by atoms with van der Waals surface area (Å²) in [5.41, 5.74) is 0. The van der Waals surface area contributed by atoms with Crippen molar-refractivity contribution >= 4 is 5.91 Å². The molecule has 2 atom stereocenters. The Morgan fingerprint density at radius 2 is 1.82 bits per heavy atom. The second-order valence-electron chi connectivity index (χ2n) is 7.98. The lowest BCUT2D eigenvalue weighted by Crippen LogP contribution is -2.55. The van der Waals surface area contributed by atoms with Crippen LogP contribution in [-0.4, -0.2) is 53.7 Å². The van der Waals surface area contributed by atoms with Gasteiger partial charge in [0.15, 0.2) is 6.61 Å². The lowest BCUT2D eigenvalue weighted by molar-refractivity contribution is -0.352. The van der Waals surface area contributed by atoms with Gasteiger partial charge in [-0.15, -0.1) is 23.4 Å². The van der Waals surface area contributed by atoms with Gasteiger partial charge < -0.3 is 19.2 Å². The predicted molar refractivity (Wildman–Crippen MR) is 99.3 cm³/mol. The van der Waals surface area contributed by atoms with Crippen molar-refractivity contribution in [3.8, 4) is 5.75 Å². The first-order valence-corrected chi connectivity index (χ1v) is 10.2. The van der Waals surface area contributed by atoms with Gasteiger partial charge in [-0.05, 0) is 37.1 Å². The molecule has 1 aliphatic heterocycles. The summed E-state index contributed by atoms with van der Waals surface area (Å²) in [6, 6.07) is 3.19. The number of hydrogen-bond acceptors (Lipinski definition) is 7. The number of rotatable bonds is 7. The molecular weight excluding hydrogens is 476 g/mol. The Morgan fingerprint density at radius 1 is 1.15 bits per heavy atom. The van der Waals surface area contributed by atoms with Gasteiger partial charge in [-0.2, -0.15) is 0 Å². The number of aromatic nitrogens is 2. The van der Waals surface area contributed by atoms with Crippen LogP contribution in [0.3, 0.4) is 0 Å². The van der Waals surface area contributed by atoms with E-state index in [0.717, 1.165) is 12.1 Å². The molecule has 34 heavy (non-hydrogen) atoms. The molecule has 1 aliphatic carbocycles. The lowest BCUT2D eigenvalue weighted by atomic mass is 9.82. The third-order valence-electron chi connectivity index (χ3n) is 5.43. The minimum absolute atomic E-state index is 0.0108. The smallest absolute Gasteiger partial charge is 0.484 e. The number of amides is 1. The number of hydrogen-bond donors (Lipinski definition) is 1. The Hall–Kier alpha value is -2.87. The van der Waals surface area contributed by atoms with Crippen LogP contribution >= 0.6 is 0 Å². The molecule has 2 fully saturated rings. The summed E-state index contributed by atoms with van der Waals surface area (Å²) < 4.78 is 98.5. The maximum atomic E-state index is 14.6. The van der Waals surface area contributed by atoms with E-state index in [1.54, 1.807) is 0 Å². The number of nitrogens with one attached hydrogen (secondary N) is 1. The van der Waals surface area contributed by atoms with Crippen molar-refractivity contribution < 1.29 is 49.8 Å². The fourth-order valence-electron chi connectivity index (χ4n) is 3.60. The van der Waals surface area contributed by atoms with Crippen molar-refractivity contribution in [1.29, 1.82) is 0 Å². The van der Waals surface area contributed by atoms with Crippen LogP contribution in [0.2, 0.25) is 0 Å². The van der Waals surface area contributed by atoms with Crippen LogP contribution in [-0.2, 0) is 14.3 Å². The van der Waals surface area contributed by atoms with Gasteiger partial charge in [0, 0.05) is 12.3 Å². The monoisotopic (exact) mass is 495 g/mol. The van der Waals surface area contributed by atoms with Crippen molar-refractivity contribution in [2.45, 2.75) is 55.7 Å². The molecule has 0 unspecified atom stereocenters. The number of halogens is 6. The van der Waals surface area contributed by atoms with Crippen molar-refractivity contribution in [3.63, 3.8) is 0 Å². The van der Waals surface area contributed by atoms with Gasteiger partial charge in [0.2, 0.25) is 11.8 Å². The van der Waals surface area contributed by atoms with E-state index >= 15 is 0 Å². The quantitative estimate of drug-likeness (QED) is 0.586. The molecule has 2 heterocycles. The lowest BCUT2D eigenvalue weighted by Gasteiger charge is -2.35. The molecule has 14 heteroatoms. The van der Waals surface area contributed by atoms with Crippen LogP contribution in [0.5, 0.6) is 5.75 Å². The van der Waals surface area contributed by atoms with Gasteiger partial charge in [0.05, 0.1) is 12.7 Å². The van der Waals surface area contributed by atoms with E-state index in [1.165, 1.54) is 12.1 Å². The largest absolute Gasteiger partial charge is 0.522 e. The predicted octanol–water partition coefficient (Wildman–Crippen LogP) is 3.65. The molecule has 0 bridgehead atoms. The van der Waals surface area contributed by atoms with Gasteiger partial charge in [0.25, 0.3) is 11.8 Å². The Morgan fingerprint density at radius 3 is 2.47 bits per heavy atom. The first-order valence-electron chi connectivity index (χ1n) is 10.2. The molecule has 186 valence electrons. The van der Waals surface area contributed by atoms with Crippen molar-refractivity contribution in [2.24, 2.45) is 0 Å². The Labute approximate surface area is 188 Å². The van der Waals surface area contributed by atoms with E-state index in [0.29, 0.717) is 0 Å². The van der Waals surface area contributed by atoms with Crippen molar-refractivity contribution in [3.05, 3.63) is 41.9 Å². The highest BCUT2D eigenvalue weighted by molar-refractivity contribution is 5.78. The SMILES string of the molecule is O=C(COc1ccc(F)cc1)N[C@H]1CO[C@H](c2nnc(C3CC(OC(F)(F)F)C3)o2)CC1(F)F. The summed E-state index contributed by atoms with van der Waals surface area (Å²) in [4.78, 5) is 12.0. The van der Waals surface area contributed by atoms with Crippen LogP contribution in [0.1, 0.15) is 43.1 Å². The Bertz CT molecular complexity index is 993.